The quantitative estimate of drug-likeness (QED) is 0.673. The normalized spacial score (nSPS) is 28.1. The molecule has 0 aliphatic carbocycles. The average Bonchev–Trinajstić information content (AvgIpc) is 2.30. The Labute approximate surface area is 86.2 Å². The van der Waals surface area contributed by atoms with Crippen molar-refractivity contribution in [2.75, 3.05) is 46.4 Å². The highest BCUT2D eigenvalue weighted by molar-refractivity contribution is 4.79. The first kappa shape index (κ1) is 10.4. The molecule has 82 valence electrons. The molecule has 4 heteroatoms. The van der Waals surface area contributed by atoms with Gasteiger partial charge in [-0.15, -0.1) is 0 Å². The second-order valence-corrected chi connectivity index (χ2v) is 4.09. The highest BCUT2D eigenvalue weighted by Gasteiger charge is 2.24. The molecule has 0 aromatic heterocycles. The average molecular weight is 199 g/mol. The molecular formula is C10H21N3O. The van der Waals surface area contributed by atoms with Crippen LogP contribution in [0.3, 0.4) is 0 Å². The summed E-state index contributed by atoms with van der Waals surface area (Å²) in [6.07, 6.45) is 2.58. The van der Waals surface area contributed by atoms with Crippen LogP contribution in [-0.2, 0) is 4.74 Å². The summed E-state index contributed by atoms with van der Waals surface area (Å²) in [7, 11) is 2.01. The number of rotatable bonds is 2. The highest BCUT2D eigenvalue weighted by Crippen LogP contribution is 2.16. The van der Waals surface area contributed by atoms with Crippen LogP contribution in [0, 0.1) is 0 Å². The second-order valence-electron chi connectivity index (χ2n) is 4.09. The van der Waals surface area contributed by atoms with Crippen LogP contribution in [0.25, 0.3) is 0 Å². The van der Waals surface area contributed by atoms with Crippen molar-refractivity contribution in [3.05, 3.63) is 0 Å². The molecule has 2 heterocycles. The minimum absolute atomic E-state index is 0.795. The molecule has 14 heavy (non-hydrogen) atoms. The van der Waals surface area contributed by atoms with Crippen molar-refractivity contribution >= 4 is 0 Å². The molecule has 2 rings (SSSR count). The van der Waals surface area contributed by atoms with E-state index in [1.165, 1.54) is 25.9 Å². The number of hydrazine groups is 1. The molecule has 0 radical (unpaired) electrons. The van der Waals surface area contributed by atoms with E-state index in [1.54, 1.807) is 0 Å². The van der Waals surface area contributed by atoms with Crippen molar-refractivity contribution in [1.82, 2.24) is 15.3 Å². The summed E-state index contributed by atoms with van der Waals surface area (Å²) in [5.41, 5.74) is 3.22. The van der Waals surface area contributed by atoms with E-state index in [0.29, 0.717) is 0 Å². The molecule has 1 N–H and O–H groups in total. The van der Waals surface area contributed by atoms with Gasteiger partial charge in [-0.1, -0.05) is 0 Å². The lowest BCUT2D eigenvalue weighted by atomic mass is 10.0. The number of morpholine rings is 1. The summed E-state index contributed by atoms with van der Waals surface area (Å²) in [5, 5.41) is 2.30. The van der Waals surface area contributed by atoms with Crippen LogP contribution in [0.2, 0.25) is 0 Å². The van der Waals surface area contributed by atoms with E-state index in [9.17, 15) is 0 Å². The Kier molecular flexibility index (Phi) is 3.75. The van der Waals surface area contributed by atoms with Crippen molar-refractivity contribution in [2.24, 2.45) is 0 Å². The van der Waals surface area contributed by atoms with Gasteiger partial charge in [-0.2, -0.15) is 0 Å². The molecule has 2 aliphatic heterocycles. The Bertz CT molecular complexity index is 163. The Morgan fingerprint density at radius 1 is 1.07 bits per heavy atom. The first-order valence-electron chi connectivity index (χ1n) is 5.64. The molecule has 4 nitrogen and oxygen atoms in total. The van der Waals surface area contributed by atoms with Gasteiger partial charge in [0.05, 0.1) is 13.2 Å². The van der Waals surface area contributed by atoms with Gasteiger partial charge in [0.1, 0.15) is 0 Å². The van der Waals surface area contributed by atoms with Gasteiger partial charge < -0.3 is 4.74 Å². The monoisotopic (exact) mass is 199 g/mol. The van der Waals surface area contributed by atoms with E-state index in [1.807, 2.05) is 7.05 Å². The number of piperidine rings is 1. The van der Waals surface area contributed by atoms with Crippen LogP contribution >= 0.6 is 0 Å². The van der Waals surface area contributed by atoms with Crippen LogP contribution < -0.4 is 5.43 Å². The van der Waals surface area contributed by atoms with Crippen molar-refractivity contribution in [1.29, 1.82) is 0 Å². The maximum Gasteiger partial charge on any atom is 0.0594 e. The fourth-order valence-electron chi connectivity index (χ4n) is 2.40. The zero-order chi connectivity index (χ0) is 9.80. The third-order valence-electron chi connectivity index (χ3n) is 3.34. The second kappa shape index (κ2) is 5.07. The molecule has 0 aromatic rings. The standard InChI is InChI=1S/C10H21N3O/c1-11-13-4-2-10(3-5-13)12-6-8-14-9-7-12/h10-11H,2-9H2,1H3. The maximum absolute atomic E-state index is 5.37. The van der Waals surface area contributed by atoms with E-state index in [4.69, 9.17) is 4.74 Å². The summed E-state index contributed by atoms with van der Waals surface area (Å²) in [6, 6.07) is 0.795. The molecule has 0 aromatic carbocycles. The number of nitrogens with zero attached hydrogens (tertiary/aromatic N) is 2. The van der Waals surface area contributed by atoms with Gasteiger partial charge in [-0.25, -0.2) is 5.01 Å². The number of hydrogen-bond donors (Lipinski definition) is 1. The van der Waals surface area contributed by atoms with E-state index in [2.05, 4.69) is 15.3 Å². The minimum atomic E-state index is 0.795. The van der Waals surface area contributed by atoms with Gasteiger partial charge in [0.2, 0.25) is 0 Å². The van der Waals surface area contributed by atoms with E-state index < -0.39 is 0 Å². The van der Waals surface area contributed by atoms with Crippen molar-refractivity contribution in [2.45, 2.75) is 18.9 Å². The zero-order valence-corrected chi connectivity index (χ0v) is 9.04. The molecule has 0 bridgehead atoms. The van der Waals surface area contributed by atoms with E-state index in [0.717, 1.165) is 32.3 Å². The van der Waals surface area contributed by atoms with Crippen molar-refractivity contribution < 1.29 is 4.74 Å². The topological polar surface area (TPSA) is 27.7 Å². The molecule has 0 atom stereocenters. The third kappa shape index (κ3) is 2.45. The fourth-order valence-corrected chi connectivity index (χ4v) is 2.40. The lowest BCUT2D eigenvalue weighted by Crippen LogP contribution is -2.51. The SMILES string of the molecule is CNN1CCC(N2CCOCC2)CC1. The van der Waals surface area contributed by atoms with Crippen LogP contribution in [0.1, 0.15) is 12.8 Å². The van der Waals surface area contributed by atoms with Gasteiger partial charge >= 0.3 is 0 Å². The summed E-state index contributed by atoms with van der Waals surface area (Å²) in [5.74, 6) is 0. The summed E-state index contributed by atoms with van der Waals surface area (Å²) in [4.78, 5) is 2.59. The Balaban J connectivity index is 1.76. The molecule has 0 saturated carbocycles. The van der Waals surface area contributed by atoms with Gasteiger partial charge in [0.25, 0.3) is 0 Å². The summed E-state index contributed by atoms with van der Waals surface area (Å²) < 4.78 is 5.37. The molecule has 2 saturated heterocycles. The van der Waals surface area contributed by atoms with E-state index >= 15 is 0 Å². The highest BCUT2D eigenvalue weighted by atomic mass is 16.5. The van der Waals surface area contributed by atoms with Crippen LogP contribution in [-0.4, -0.2) is 62.4 Å². The van der Waals surface area contributed by atoms with Crippen molar-refractivity contribution in [3.8, 4) is 0 Å². The Hall–Kier alpha value is -0.160. The lowest BCUT2D eigenvalue weighted by Gasteiger charge is -2.39. The molecule has 2 fully saturated rings. The third-order valence-corrected chi connectivity index (χ3v) is 3.34. The van der Waals surface area contributed by atoms with Crippen LogP contribution in [0.4, 0.5) is 0 Å². The summed E-state index contributed by atoms with van der Waals surface area (Å²) in [6.45, 7) is 6.46. The molecule has 0 amide bonds. The maximum atomic E-state index is 5.37. The number of nitrogens with one attached hydrogen (secondary N) is 1. The predicted molar refractivity (Wildman–Crippen MR) is 56.0 cm³/mol. The molecule has 2 aliphatic rings. The lowest BCUT2D eigenvalue weighted by molar-refractivity contribution is -0.00325. The van der Waals surface area contributed by atoms with Crippen LogP contribution in [0.5, 0.6) is 0 Å². The Morgan fingerprint density at radius 3 is 2.29 bits per heavy atom. The zero-order valence-electron chi connectivity index (χ0n) is 9.04. The van der Waals surface area contributed by atoms with Crippen molar-refractivity contribution in [3.63, 3.8) is 0 Å². The van der Waals surface area contributed by atoms with Gasteiger partial charge in [0, 0.05) is 32.2 Å². The van der Waals surface area contributed by atoms with Crippen LogP contribution in [0.15, 0.2) is 0 Å². The number of ether oxygens (including phenoxy) is 1. The summed E-state index contributed by atoms with van der Waals surface area (Å²) >= 11 is 0. The molecule has 0 unspecified atom stereocenters. The molecule has 0 spiro atoms. The number of hydrogen-bond acceptors (Lipinski definition) is 4. The minimum Gasteiger partial charge on any atom is -0.379 e. The predicted octanol–water partition coefficient (Wildman–Crippen LogP) is -0.0826. The smallest absolute Gasteiger partial charge is 0.0594 e. The Morgan fingerprint density at radius 2 is 1.71 bits per heavy atom. The first-order chi connectivity index (χ1) is 6.90. The van der Waals surface area contributed by atoms with Gasteiger partial charge in [0.15, 0.2) is 0 Å². The van der Waals surface area contributed by atoms with Gasteiger partial charge in [-0.3, -0.25) is 10.3 Å². The molecular weight excluding hydrogens is 178 g/mol. The largest absolute Gasteiger partial charge is 0.379 e. The first-order valence-corrected chi connectivity index (χ1v) is 5.64. The fraction of sp³-hybridized carbons (Fsp3) is 1.00. The van der Waals surface area contributed by atoms with Gasteiger partial charge in [-0.05, 0) is 19.9 Å². The van der Waals surface area contributed by atoms with E-state index in [-0.39, 0.29) is 0 Å².